The van der Waals surface area contributed by atoms with Crippen LogP contribution in [-0.2, 0) is 16.6 Å². The summed E-state index contributed by atoms with van der Waals surface area (Å²) in [4.78, 5) is 27.1. The lowest BCUT2D eigenvalue weighted by molar-refractivity contribution is 0.0792. The zero-order valence-corrected chi connectivity index (χ0v) is 19.8. The fraction of sp³-hybridized carbons (Fsp3) is 0.231. The highest BCUT2D eigenvalue weighted by Crippen LogP contribution is 2.18. The number of carbonyl (C=O) groups excluding carboxylic acids is 2. The molecule has 0 unspecified atom stereocenters. The number of sulfonamides is 1. The van der Waals surface area contributed by atoms with Crippen molar-refractivity contribution in [2.24, 2.45) is 0 Å². The van der Waals surface area contributed by atoms with E-state index in [2.05, 4.69) is 10.0 Å². The first-order valence-corrected chi connectivity index (χ1v) is 12.7. The number of nitrogens with one attached hydrogen (secondary N) is 2. The van der Waals surface area contributed by atoms with Gasteiger partial charge in [-0.1, -0.05) is 29.8 Å². The molecule has 0 aliphatic carbocycles. The van der Waals surface area contributed by atoms with E-state index < -0.39 is 10.0 Å². The maximum absolute atomic E-state index is 12.6. The van der Waals surface area contributed by atoms with Crippen LogP contribution in [0.15, 0.2) is 77.7 Å². The molecule has 0 aromatic heterocycles. The van der Waals surface area contributed by atoms with E-state index in [0.717, 1.165) is 37.1 Å². The van der Waals surface area contributed by atoms with Crippen LogP contribution in [0.5, 0.6) is 0 Å². The van der Waals surface area contributed by atoms with Crippen molar-refractivity contribution >= 4 is 27.5 Å². The van der Waals surface area contributed by atoms with Gasteiger partial charge in [-0.05, 0) is 73.9 Å². The number of carbonyl (C=O) groups is 2. The van der Waals surface area contributed by atoms with Crippen molar-refractivity contribution in [2.45, 2.75) is 31.2 Å². The molecule has 8 heteroatoms. The summed E-state index contributed by atoms with van der Waals surface area (Å²) in [5.41, 5.74) is 3.28. The molecule has 2 N–H and O–H groups in total. The second kappa shape index (κ2) is 10.1. The highest BCUT2D eigenvalue weighted by Gasteiger charge is 2.20. The number of hydrogen-bond acceptors (Lipinski definition) is 4. The third-order valence-electron chi connectivity index (χ3n) is 5.75. The summed E-state index contributed by atoms with van der Waals surface area (Å²) < 4.78 is 27.8. The van der Waals surface area contributed by atoms with Gasteiger partial charge in [0.05, 0.1) is 4.90 Å². The average Bonchev–Trinajstić information content (AvgIpc) is 3.39. The highest BCUT2D eigenvalue weighted by molar-refractivity contribution is 7.92. The molecule has 1 aliphatic rings. The molecule has 176 valence electrons. The van der Waals surface area contributed by atoms with Crippen LogP contribution in [0.1, 0.15) is 44.7 Å². The van der Waals surface area contributed by atoms with E-state index in [1.165, 1.54) is 24.3 Å². The fourth-order valence-corrected chi connectivity index (χ4v) is 4.88. The summed E-state index contributed by atoms with van der Waals surface area (Å²) in [7, 11) is -3.76. The van der Waals surface area contributed by atoms with Crippen LogP contribution in [0.4, 0.5) is 5.69 Å². The molecule has 0 bridgehead atoms. The standard InChI is InChI=1S/C26H27N3O4S/c1-19-7-11-23(12-8-19)28-34(32,33)24-13-9-21(10-14-24)25(30)27-18-20-5-4-6-22(17-20)26(31)29-15-2-3-16-29/h4-14,17,28H,2-3,15-16,18H2,1H3,(H,27,30). The van der Waals surface area contributed by atoms with Gasteiger partial charge in [-0.15, -0.1) is 0 Å². The summed E-state index contributed by atoms with van der Waals surface area (Å²) in [6, 6.07) is 20.1. The van der Waals surface area contributed by atoms with Crippen LogP contribution in [0.2, 0.25) is 0 Å². The van der Waals surface area contributed by atoms with Gasteiger partial charge in [-0.3, -0.25) is 14.3 Å². The number of aryl methyl sites for hydroxylation is 1. The van der Waals surface area contributed by atoms with Crippen molar-refractivity contribution in [3.8, 4) is 0 Å². The normalized spacial score (nSPS) is 13.5. The molecular weight excluding hydrogens is 450 g/mol. The Kier molecular flexibility index (Phi) is 6.98. The molecule has 0 spiro atoms. The van der Waals surface area contributed by atoms with Crippen molar-refractivity contribution in [2.75, 3.05) is 17.8 Å². The van der Waals surface area contributed by atoms with E-state index in [-0.39, 0.29) is 23.3 Å². The minimum Gasteiger partial charge on any atom is -0.348 e. The predicted octanol–water partition coefficient (Wildman–Crippen LogP) is 3.96. The van der Waals surface area contributed by atoms with E-state index in [1.54, 1.807) is 24.3 Å². The monoisotopic (exact) mass is 477 g/mol. The Hall–Kier alpha value is -3.65. The molecule has 1 heterocycles. The first kappa shape index (κ1) is 23.5. The molecule has 4 rings (SSSR count). The van der Waals surface area contributed by atoms with Crippen molar-refractivity contribution in [1.82, 2.24) is 10.2 Å². The van der Waals surface area contributed by atoms with Crippen LogP contribution in [0.3, 0.4) is 0 Å². The van der Waals surface area contributed by atoms with Crippen LogP contribution in [0.25, 0.3) is 0 Å². The van der Waals surface area contributed by atoms with Crippen molar-refractivity contribution in [1.29, 1.82) is 0 Å². The molecule has 0 radical (unpaired) electrons. The largest absolute Gasteiger partial charge is 0.348 e. The summed E-state index contributed by atoms with van der Waals surface area (Å²) in [5.74, 6) is -0.312. The Balaban J connectivity index is 1.37. The Morgan fingerprint density at radius 1 is 0.882 bits per heavy atom. The number of likely N-dealkylation sites (tertiary alicyclic amines) is 1. The molecule has 1 aliphatic heterocycles. The molecule has 3 aromatic rings. The number of amides is 2. The first-order chi connectivity index (χ1) is 16.3. The minimum atomic E-state index is -3.76. The highest BCUT2D eigenvalue weighted by atomic mass is 32.2. The molecule has 3 aromatic carbocycles. The van der Waals surface area contributed by atoms with E-state index in [4.69, 9.17) is 0 Å². The second-order valence-corrected chi connectivity index (χ2v) is 10.1. The third-order valence-corrected chi connectivity index (χ3v) is 7.15. The summed E-state index contributed by atoms with van der Waals surface area (Å²) in [6.45, 7) is 3.75. The first-order valence-electron chi connectivity index (χ1n) is 11.2. The molecule has 0 atom stereocenters. The molecule has 2 amide bonds. The van der Waals surface area contributed by atoms with Gasteiger partial charge in [0.25, 0.3) is 21.8 Å². The van der Waals surface area contributed by atoms with Gasteiger partial charge in [0.15, 0.2) is 0 Å². The lowest BCUT2D eigenvalue weighted by atomic mass is 10.1. The van der Waals surface area contributed by atoms with Gasteiger partial charge in [0.1, 0.15) is 0 Å². The minimum absolute atomic E-state index is 0.0155. The fourth-order valence-electron chi connectivity index (χ4n) is 3.82. The van der Waals surface area contributed by atoms with Crippen molar-refractivity contribution < 1.29 is 18.0 Å². The molecule has 34 heavy (non-hydrogen) atoms. The molecular formula is C26H27N3O4S. The topological polar surface area (TPSA) is 95.6 Å². The number of anilines is 1. The zero-order chi connectivity index (χ0) is 24.1. The second-order valence-electron chi connectivity index (χ2n) is 8.38. The van der Waals surface area contributed by atoms with Gasteiger partial charge in [-0.25, -0.2) is 8.42 Å². The number of nitrogens with zero attached hydrogens (tertiary/aromatic N) is 1. The number of hydrogen-bond donors (Lipinski definition) is 2. The SMILES string of the molecule is Cc1ccc(NS(=O)(=O)c2ccc(C(=O)NCc3cccc(C(=O)N4CCCC4)c3)cc2)cc1. The molecule has 1 fully saturated rings. The number of benzene rings is 3. The van der Waals surface area contributed by atoms with Crippen molar-refractivity contribution in [3.05, 3.63) is 95.1 Å². The van der Waals surface area contributed by atoms with Crippen LogP contribution < -0.4 is 10.0 Å². The quantitative estimate of drug-likeness (QED) is 0.538. The molecule has 1 saturated heterocycles. The van der Waals surface area contributed by atoms with E-state index in [1.807, 2.05) is 36.1 Å². The van der Waals surface area contributed by atoms with Gasteiger partial charge in [0, 0.05) is 36.4 Å². The van der Waals surface area contributed by atoms with Gasteiger partial charge >= 0.3 is 0 Å². The van der Waals surface area contributed by atoms with E-state index in [9.17, 15) is 18.0 Å². The van der Waals surface area contributed by atoms with Crippen molar-refractivity contribution in [3.63, 3.8) is 0 Å². The summed E-state index contributed by atoms with van der Waals surface area (Å²) >= 11 is 0. The average molecular weight is 478 g/mol. The molecule has 7 nitrogen and oxygen atoms in total. The third kappa shape index (κ3) is 5.63. The summed E-state index contributed by atoms with van der Waals surface area (Å²) in [6.07, 6.45) is 2.06. The van der Waals surface area contributed by atoms with Gasteiger partial charge in [0.2, 0.25) is 0 Å². The van der Waals surface area contributed by atoms with E-state index in [0.29, 0.717) is 16.8 Å². The lowest BCUT2D eigenvalue weighted by Crippen LogP contribution is -2.28. The Labute approximate surface area is 199 Å². The van der Waals surface area contributed by atoms with Crippen LogP contribution >= 0.6 is 0 Å². The Bertz CT molecular complexity index is 1280. The maximum atomic E-state index is 12.6. The van der Waals surface area contributed by atoms with Crippen LogP contribution in [0, 0.1) is 6.92 Å². The smallest absolute Gasteiger partial charge is 0.261 e. The maximum Gasteiger partial charge on any atom is 0.261 e. The summed E-state index contributed by atoms with van der Waals surface area (Å²) in [5, 5.41) is 2.83. The van der Waals surface area contributed by atoms with Gasteiger partial charge in [-0.2, -0.15) is 0 Å². The van der Waals surface area contributed by atoms with Gasteiger partial charge < -0.3 is 10.2 Å². The molecule has 0 saturated carbocycles. The lowest BCUT2D eigenvalue weighted by Gasteiger charge is -2.15. The van der Waals surface area contributed by atoms with Crippen LogP contribution in [-0.4, -0.2) is 38.2 Å². The zero-order valence-electron chi connectivity index (χ0n) is 19.0. The number of rotatable bonds is 7. The van der Waals surface area contributed by atoms with E-state index >= 15 is 0 Å². The Morgan fingerprint density at radius 2 is 1.56 bits per heavy atom. The Morgan fingerprint density at radius 3 is 2.24 bits per heavy atom. The predicted molar refractivity (Wildman–Crippen MR) is 131 cm³/mol.